The van der Waals surface area contributed by atoms with E-state index >= 15 is 0 Å². The number of carbonyl (C=O) groups excluding carboxylic acids is 1. The van der Waals surface area contributed by atoms with Gasteiger partial charge >= 0.3 is 0 Å². The number of fused-ring (bicyclic) bond motifs is 1. The molecule has 0 radical (unpaired) electrons. The Bertz CT molecular complexity index is 553. The van der Waals surface area contributed by atoms with Crippen LogP contribution in [0.3, 0.4) is 0 Å². The molecule has 3 nitrogen and oxygen atoms in total. The van der Waals surface area contributed by atoms with Gasteiger partial charge in [-0.2, -0.15) is 0 Å². The molecular weight excluding hydrogens is 288 g/mol. The Balaban J connectivity index is 2.42. The first-order chi connectivity index (χ1) is 10.8. The molecule has 2 aliphatic rings. The molecule has 0 amide bonds. The zero-order valence-corrected chi connectivity index (χ0v) is 15.1. The molecule has 2 aliphatic carbocycles. The lowest BCUT2D eigenvalue weighted by Gasteiger charge is -2.32. The van der Waals surface area contributed by atoms with Crippen LogP contribution >= 0.6 is 0 Å². The Labute approximate surface area is 140 Å². The molecule has 128 valence electrons. The van der Waals surface area contributed by atoms with Gasteiger partial charge in [0.2, 0.25) is 0 Å². The van der Waals surface area contributed by atoms with E-state index in [1.54, 1.807) is 0 Å². The summed E-state index contributed by atoms with van der Waals surface area (Å²) in [5.74, 6) is 0.863. The standard InChI is InChI=1S/C20H30O3/c1-13(2)16-12-19(21)20(5)11-10-14(3)6-9-18(23-22)15(4)7-8-17(16)20/h7,10,12-13,17-18,22H,6,8-9,11H2,1-5H3/b14-10?,15-7+/t17-,18-,20+/m1/s1. The second kappa shape index (κ2) is 7.14. The van der Waals surface area contributed by atoms with Gasteiger partial charge in [0.05, 0.1) is 0 Å². The van der Waals surface area contributed by atoms with Crippen LogP contribution in [0, 0.1) is 17.3 Å². The van der Waals surface area contributed by atoms with E-state index in [0.717, 1.165) is 31.3 Å². The first-order valence-electron chi connectivity index (χ1n) is 8.68. The Hall–Kier alpha value is -1.19. The normalized spacial score (nSPS) is 35.1. The maximum Gasteiger partial charge on any atom is 0.162 e. The Kier molecular flexibility index (Phi) is 5.64. The van der Waals surface area contributed by atoms with Gasteiger partial charge in [-0.15, -0.1) is 0 Å². The van der Waals surface area contributed by atoms with Crippen molar-refractivity contribution < 1.29 is 14.9 Å². The van der Waals surface area contributed by atoms with Crippen molar-refractivity contribution in [3.8, 4) is 0 Å². The largest absolute Gasteiger partial charge is 0.294 e. The van der Waals surface area contributed by atoms with Gasteiger partial charge in [-0.1, -0.05) is 44.1 Å². The van der Waals surface area contributed by atoms with E-state index in [1.165, 1.54) is 11.1 Å². The summed E-state index contributed by atoms with van der Waals surface area (Å²) in [7, 11) is 0. The predicted octanol–water partition coefficient (Wildman–Crippen LogP) is 5.10. The van der Waals surface area contributed by atoms with Crippen LogP contribution in [0.25, 0.3) is 0 Å². The Morgan fingerprint density at radius 1 is 1.30 bits per heavy atom. The molecule has 0 aromatic rings. The highest BCUT2D eigenvalue weighted by atomic mass is 17.1. The lowest BCUT2D eigenvalue weighted by Crippen LogP contribution is -2.31. The van der Waals surface area contributed by atoms with Crippen LogP contribution in [0.5, 0.6) is 0 Å². The third-order valence-electron chi connectivity index (χ3n) is 5.68. The van der Waals surface area contributed by atoms with Crippen molar-refractivity contribution in [3.63, 3.8) is 0 Å². The zero-order chi connectivity index (χ0) is 17.2. The number of allylic oxidation sites excluding steroid dienone is 5. The Morgan fingerprint density at radius 3 is 2.61 bits per heavy atom. The summed E-state index contributed by atoms with van der Waals surface area (Å²) in [6.07, 6.45) is 9.23. The van der Waals surface area contributed by atoms with Crippen molar-refractivity contribution >= 4 is 5.78 Å². The topological polar surface area (TPSA) is 46.5 Å². The lowest BCUT2D eigenvalue weighted by molar-refractivity contribution is -0.269. The van der Waals surface area contributed by atoms with E-state index in [1.807, 2.05) is 13.0 Å². The molecule has 0 saturated carbocycles. The van der Waals surface area contributed by atoms with Crippen LogP contribution in [0.15, 0.2) is 34.9 Å². The molecule has 0 aromatic heterocycles. The summed E-state index contributed by atoms with van der Waals surface area (Å²) in [6, 6.07) is 0. The van der Waals surface area contributed by atoms with Crippen molar-refractivity contribution in [2.45, 2.75) is 66.4 Å². The fourth-order valence-electron chi connectivity index (χ4n) is 3.81. The minimum Gasteiger partial charge on any atom is -0.294 e. The average molecular weight is 318 g/mol. The number of rotatable bonds is 2. The molecule has 0 aliphatic heterocycles. The lowest BCUT2D eigenvalue weighted by atomic mass is 9.70. The highest BCUT2D eigenvalue weighted by Gasteiger charge is 2.46. The van der Waals surface area contributed by atoms with Gasteiger partial charge in [-0.25, -0.2) is 4.89 Å². The summed E-state index contributed by atoms with van der Waals surface area (Å²) in [4.78, 5) is 17.4. The smallest absolute Gasteiger partial charge is 0.162 e. The van der Waals surface area contributed by atoms with Gasteiger partial charge in [-0.05, 0) is 63.0 Å². The third kappa shape index (κ3) is 3.67. The van der Waals surface area contributed by atoms with Crippen molar-refractivity contribution in [2.24, 2.45) is 17.3 Å². The molecule has 0 bridgehead atoms. The minimum absolute atomic E-state index is 0.228. The molecule has 3 atom stereocenters. The fraction of sp³-hybridized carbons (Fsp3) is 0.650. The second-order valence-electron chi connectivity index (χ2n) is 7.70. The molecule has 0 heterocycles. The third-order valence-corrected chi connectivity index (χ3v) is 5.68. The maximum absolute atomic E-state index is 12.7. The second-order valence-corrected chi connectivity index (χ2v) is 7.70. The van der Waals surface area contributed by atoms with Crippen LogP contribution in [0.2, 0.25) is 0 Å². The van der Waals surface area contributed by atoms with E-state index in [-0.39, 0.29) is 23.2 Å². The summed E-state index contributed by atoms with van der Waals surface area (Å²) < 4.78 is 0. The summed E-state index contributed by atoms with van der Waals surface area (Å²) in [5.41, 5.74) is 3.21. The van der Waals surface area contributed by atoms with E-state index in [9.17, 15) is 10.1 Å². The predicted molar refractivity (Wildman–Crippen MR) is 93.0 cm³/mol. The molecular formula is C20H30O3. The average Bonchev–Trinajstić information content (AvgIpc) is 2.74. The zero-order valence-electron chi connectivity index (χ0n) is 15.1. The number of carbonyl (C=O) groups is 1. The van der Waals surface area contributed by atoms with Crippen LogP contribution < -0.4 is 0 Å². The summed E-state index contributed by atoms with van der Waals surface area (Å²) in [6.45, 7) is 10.5. The minimum atomic E-state index is -0.350. The highest BCUT2D eigenvalue weighted by molar-refractivity contribution is 5.98. The first kappa shape index (κ1) is 18.2. The molecule has 0 fully saturated rings. The van der Waals surface area contributed by atoms with Gasteiger partial charge in [0.25, 0.3) is 0 Å². The van der Waals surface area contributed by atoms with E-state index in [4.69, 9.17) is 0 Å². The molecule has 3 heteroatoms. The van der Waals surface area contributed by atoms with Crippen molar-refractivity contribution in [1.82, 2.24) is 0 Å². The molecule has 0 saturated heterocycles. The molecule has 0 unspecified atom stereocenters. The first-order valence-corrected chi connectivity index (χ1v) is 8.68. The Morgan fingerprint density at radius 2 is 2.00 bits per heavy atom. The van der Waals surface area contributed by atoms with E-state index in [0.29, 0.717) is 5.92 Å². The van der Waals surface area contributed by atoms with Gasteiger partial charge < -0.3 is 0 Å². The monoisotopic (exact) mass is 318 g/mol. The fourth-order valence-corrected chi connectivity index (χ4v) is 3.81. The van der Waals surface area contributed by atoms with Crippen LogP contribution in [0.1, 0.15) is 60.3 Å². The summed E-state index contributed by atoms with van der Waals surface area (Å²) in [5, 5.41) is 9.19. The van der Waals surface area contributed by atoms with E-state index in [2.05, 4.69) is 44.7 Å². The van der Waals surface area contributed by atoms with Gasteiger partial charge in [0.1, 0.15) is 6.10 Å². The van der Waals surface area contributed by atoms with Crippen molar-refractivity contribution in [1.29, 1.82) is 0 Å². The number of hydrogen-bond acceptors (Lipinski definition) is 3. The molecule has 2 rings (SSSR count). The van der Waals surface area contributed by atoms with Crippen molar-refractivity contribution in [3.05, 3.63) is 34.9 Å². The SMILES string of the molecule is CC1=CC[C@]2(C)C(=O)C=C(C(C)C)[C@H]2C/C=C(\C)[C@H](OO)CC1. The van der Waals surface area contributed by atoms with Gasteiger partial charge in [0, 0.05) is 5.41 Å². The van der Waals surface area contributed by atoms with Gasteiger partial charge in [0.15, 0.2) is 5.78 Å². The maximum atomic E-state index is 12.7. The van der Waals surface area contributed by atoms with Gasteiger partial charge in [-0.3, -0.25) is 10.1 Å². The molecule has 0 spiro atoms. The van der Waals surface area contributed by atoms with Crippen LogP contribution in [-0.2, 0) is 9.68 Å². The molecule has 1 N–H and O–H groups in total. The van der Waals surface area contributed by atoms with Crippen LogP contribution in [-0.4, -0.2) is 17.1 Å². The van der Waals surface area contributed by atoms with Crippen molar-refractivity contribution in [2.75, 3.05) is 0 Å². The molecule has 0 aromatic carbocycles. The highest BCUT2D eigenvalue weighted by Crippen LogP contribution is 2.48. The quantitative estimate of drug-likeness (QED) is 0.438. The number of hydrogen-bond donors (Lipinski definition) is 1. The number of ketones is 1. The summed E-state index contributed by atoms with van der Waals surface area (Å²) >= 11 is 0. The molecule has 23 heavy (non-hydrogen) atoms. The van der Waals surface area contributed by atoms with E-state index < -0.39 is 0 Å². The van der Waals surface area contributed by atoms with Crippen LogP contribution in [0.4, 0.5) is 0 Å².